The van der Waals surface area contributed by atoms with Crippen LogP contribution >= 0.6 is 11.7 Å². The third-order valence-corrected chi connectivity index (χ3v) is 6.43. The number of rotatable bonds is 4. The van der Waals surface area contributed by atoms with Crippen molar-refractivity contribution in [1.82, 2.24) is 28.2 Å². The minimum Gasteiger partial charge on any atom is -0.314 e. The number of hydrogen-bond acceptors (Lipinski definition) is 7. The van der Waals surface area contributed by atoms with Crippen molar-refractivity contribution in [2.45, 2.75) is 37.0 Å². The maximum absolute atomic E-state index is 12.9. The summed E-state index contributed by atoms with van der Waals surface area (Å²) in [6.45, 7) is -0.0882. The molecule has 27 heavy (non-hydrogen) atoms. The average Bonchev–Trinajstić information content (AvgIpc) is 3.25. The van der Waals surface area contributed by atoms with E-state index in [2.05, 4.69) is 23.7 Å². The van der Waals surface area contributed by atoms with E-state index < -0.39 is 22.1 Å². The molecule has 0 radical (unpaired) electrons. The second-order valence-electron chi connectivity index (χ2n) is 6.13. The minimum atomic E-state index is -4.28. The molecule has 1 atom stereocenters. The summed E-state index contributed by atoms with van der Waals surface area (Å²) in [4.78, 5) is -0.00994. The maximum atomic E-state index is 12.9. The van der Waals surface area contributed by atoms with Crippen LogP contribution in [0.3, 0.4) is 0 Å². The molecule has 2 aromatic heterocycles. The molecule has 3 aromatic rings. The van der Waals surface area contributed by atoms with Crippen molar-refractivity contribution in [3.8, 4) is 0 Å². The Morgan fingerprint density at radius 3 is 2.85 bits per heavy atom. The second-order valence-corrected chi connectivity index (χ2v) is 8.39. The Morgan fingerprint density at radius 1 is 1.26 bits per heavy atom. The summed E-state index contributed by atoms with van der Waals surface area (Å²) < 4.78 is 75.8. The Labute approximate surface area is 155 Å². The van der Waals surface area contributed by atoms with Crippen molar-refractivity contribution in [3.05, 3.63) is 29.8 Å². The molecular weight excluding hydrogens is 405 g/mol. The van der Waals surface area contributed by atoms with Gasteiger partial charge in [-0.15, -0.1) is 10.2 Å². The van der Waals surface area contributed by atoms with Crippen LogP contribution in [0, 0.1) is 5.92 Å². The Kier molecular flexibility index (Phi) is 4.39. The largest absolute Gasteiger partial charge is 0.392 e. The molecule has 0 spiro atoms. The van der Waals surface area contributed by atoms with Gasteiger partial charge in [-0.2, -0.15) is 21.9 Å². The first-order valence-corrected chi connectivity index (χ1v) is 10.2. The zero-order valence-electron chi connectivity index (χ0n) is 13.6. The van der Waals surface area contributed by atoms with Gasteiger partial charge in [-0.05, 0) is 18.6 Å². The van der Waals surface area contributed by atoms with Crippen LogP contribution in [0.2, 0.25) is 0 Å². The van der Waals surface area contributed by atoms with Gasteiger partial charge < -0.3 is 4.57 Å². The van der Waals surface area contributed by atoms with Crippen molar-refractivity contribution < 1.29 is 21.6 Å². The van der Waals surface area contributed by atoms with Crippen LogP contribution in [0.1, 0.15) is 18.1 Å². The average molecular weight is 418 g/mol. The Balaban J connectivity index is 1.53. The number of hydrogen-bond donors (Lipinski definition) is 1. The van der Waals surface area contributed by atoms with E-state index >= 15 is 0 Å². The van der Waals surface area contributed by atoms with Crippen molar-refractivity contribution >= 4 is 32.8 Å². The highest BCUT2D eigenvalue weighted by Gasteiger charge is 2.42. The summed E-state index contributed by atoms with van der Waals surface area (Å²) in [6, 6.07) is 4.64. The van der Waals surface area contributed by atoms with Crippen LogP contribution in [-0.4, -0.2) is 38.1 Å². The van der Waals surface area contributed by atoms with Gasteiger partial charge in [-0.3, -0.25) is 0 Å². The smallest absolute Gasteiger partial charge is 0.314 e. The molecule has 4 rings (SSSR count). The van der Waals surface area contributed by atoms with Gasteiger partial charge in [0.25, 0.3) is 0 Å². The number of halogens is 3. The van der Waals surface area contributed by atoms with E-state index in [1.54, 1.807) is 12.1 Å². The van der Waals surface area contributed by atoms with Gasteiger partial charge in [0, 0.05) is 13.0 Å². The summed E-state index contributed by atoms with van der Waals surface area (Å²) in [7, 11) is -3.90. The second kappa shape index (κ2) is 6.49. The molecule has 1 aliphatic heterocycles. The van der Waals surface area contributed by atoms with E-state index in [1.807, 2.05) is 0 Å². The van der Waals surface area contributed by atoms with Crippen LogP contribution in [-0.2, 0) is 29.5 Å². The molecular formula is C14H13F3N6O2S2. The zero-order valence-corrected chi connectivity index (χ0v) is 15.3. The zero-order chi connectivity index (χ0) is 19.2. The highest BCUT2D eigenvalue weighted by Crippen LogP contribution is 2.34. The summed E-state index contributed by atoms with van der Waals surface area (Å²) in [6.07, 6.45) is -4.62. The standard InChI is InChI=1S/C14H13F3N6O2S2/c15-14(16,17)8-4-5-23-11(6-8)19-20-12(23)7-18-27(24,25)10-3-1-2-9-13(10)22-26-21-9/h1-3,8,18H,4-7H2/t8-/m1/s1. The normalized spacial score (nSPS) is 18.0. The summed E-state index contributed by atoms with van der Waals surface area (Å²) in [5.41, 5.74) is 0.743. The van der Waals surface area contributed by atoms with Gasteiger partial charge in [-0.1, -0.05) is 6.07 Å². The van der Waals surface area contributed by atoms with Crippen molar-refractivity contribution in [2.75, 3.05) is 0 Å². The monoisotopic (exact) mass is 418 g/mol. The van der Waals surface area contributed by atoms with Gasteiger partial charge in [0.2, 0.25) is 10.0 Å². The molecule has 0 saturated heterocycles. The van der Waals surface area contributed by atoms with E-state index in [1.165, 1.54) is 10.6 Å². The third-order valence-electron chi connectivity index (χ3n) is 4.46. The lowest BCUT2D eigenvalue weighted by Gasteiger charge is -2.25. The van der Waals surface area contributed by atoms with Gasteiger partial charge >= 0.3 is 6.18 Å². The lowest BCUT2D eigenvalue weighted by molar-refractivity contribution is -0.179. The predicted molar refractivity (Wildman–Crippen MR) is 89.3 cm³/mol. The molecule has 0 amide bonds. The number of nitrogens with one attached hydrogen (secondary N) is 1. The molecule has 0 bridgehead atoms. The number of fused-ring (bicyclic) bond motifs is 2. The van der Waals surface area contributed by atoms with Gasteiger partial charge in [-0.25, -0.2) is 13.1 Å². The predicted octanol–water partition coefficient (Wildman–Crippen LogP) is 1.89. The number of nitrogens with zero attached hydrogens (tertiary/aromatic N) is 5. The van der Waals surface area contributed by atoms with E-state index in [0.29, 0.717) is 5.52 Å². The Bertz CT molecular complexity index is 1090. The molecule has 1 aliphatic rings. The SMILES string of the molecule is O=S(=O)(NCc1nnc2n1CC[C@@H](C(F)(F)F)C2)c1cccc2nsnc12. The molecule has 0 aliphatic carbocycles. The number of benzene rings is 1. The molecule has 8 nitrogen and oxygen atoms in total. The molecule has 0 unspecified atom stereocenters. The Hall–Kier alpha value is -2.12. The van der Waals surface area contributed by atoms with Crippen molar-refractivity contribution in [3.63, 3.8) is 0 Å². The maximum Gasteiger partial charge on any atom is 0.392 e. The van der Waals surface area contributed by atoms with Crippen LogP contribution in [0.25, 0.3) is 11.0 Å². The quantitative estimate of drug-likeness (QED) is 0.694. The highest BCUT2D eigenvalue weighted by atomic mass is 32.2. The van der Waals surface area contributed by atoms with Crippen LogP contribution in [0.4, 0.5) is 13.2 Å². The molecule has 144 valence electrons. The van der Waals surface area contributed by atoms with E-state index in [4.69, 9.17) is 0 Å². The van der Waals surface area contributed by atoms with Crippen LogP contribution < -0.4 is 4.72 Å². The fraction of sp³-hybridized carbons (Fsp3) is 0.429. The van der Waals surface area contributed by atoms with Gasteiger partial charge in [0.15, 0.2) is 0 Å². The molecule has 0 fully saturated rings. The first-order valence-electron chi connectivity index (χ1n) is 7.94. The Morgan fingerprint density at radius 2 is 2.07 bits per heavy atom. The fourth-order valence-electron chi connectivity index (χ4n) is 3.03. The molecule has 3 heterocycles. The first kappa shape index (κ1) is 18.3. The molecule has 13 heteroatoms. The van der Waals surface area contributed by atoms with Crippen molar-refractivity contribution in [1.29, 1.82) is 0 Å². The van der Waals surface area contributed by atoms with Crippen LogP contribution in [0.5, 0.6) is 0 Å². The van der Waals surface area contributed by atoms with E-state index in [0.717, 1.165) is 11.7 Å². The van der Waals surface area contributed by atoms with E-state index in [9.17, 15) is 21.6 Å². The number of aromatic nitrogens is 5. The first-order chi connectivity index (χ1) is 12.8. The van der Waals surface area contributed by atoms with Gasteiger partial charge in [0.1, 0.15) is 27.6 Å². The van der Waals surface area contributed by atoms with Gasteiger partial charge in [0.05, 0.1) is 24.2 Å². The third kappa shape index (κ3) is 3.41. The highest BCUT2D eigenvalue weighted by molar-refractivity contribution is 7.89. The fourth-order valence-corrected chi connectivity index (χ4v) is 4.78. The summed E-state index contributed by atoms with van der Waals surface area (Å²) in [5.74, 6) is -0.963. The lowest BCUT2D eigenvalue weighted by atomic mass is 9.97. The molecule has 1 aromatic carbocycles. The van der Waals surface area contributed by atoms with Crippen LogP contribution in [0.15, 0.2) is 23.1 Å². The topological polar surface area (TPSA) is 103 Å². The number of sulfonamides is 1. The summed E-state index contributed by atoms with van der Waals surface area (Å²) in [5, 5.41) is 7.65. The minimum absolute atomic E-state index is 0.00994. The summed E-state index contributed by atoms with van der Waals surface area (Å²) >= 11 is 0.909. The lowest BCUT2D eigenvalue weighted by Crippen LogP contribution is -2.32. The molecule has 0 saturated carbocycles. The molecule has 1 N–H and O–H groups in total. The number of alkyl halides is 3. The van der Waals surface area contributed by atoms with E-state index in [-0.39, 0.29) is 48.0 Å². The van der Waals surface area contributed by atoms with Crippen molar-refractivity contribution in [2.24, 2.45) is 5.92 Å².